The first-order valence-electron chi connectivity index (χ1n) is 14.6. The molecule has 0 aliphatic heterocycles. The van der Waals surface area contributed by atoms with Gasteiger partial charge in [0, 0.05) is 17.7 Å². The summed E-state index contributed by atoms with van der Waals surface area (Å²) in [6.07, 6.45) is 3.71. The number of aromatic nitrogens is 1. The van der Waals surface area contributed by atoms with Gasteiger partial charge in [-0.25, -0.2) is 9.78 Å². The molecule has 2 aromatic carbocycles. The summed E-state index contributed by atoms with van der Waals surface area (Å²) < 4.78 is 5.76. The molecule has 0 spiro atoms. The number of hydrogen-bond acceptors (Lipinski definition) is 6. The maximum atomic E-state index is 13.9. The molecule has 3 aromatic rings. The Morgan fingerprint density at radius 3 is 2.38 bits per heavy atom. The van der Waals surface area contributed by atoms with Crippen LogP contribution in [0.2, 0.25) is 5.02 Å². The van der Waals surface area contributed by atoms with Crippen molar-refractivity contribution in [2.75, 3.05) is 13.2 Å². The fraction of sp³-hybridized carbons (Fsp3) is 0.424. The van der Waals surface area contributed by atoms with Crippen LogP contribution in [0.1, 0.15) is 48.2 Å². The summed E-state index contributed by atoms with van der Waals surface area (Å²) in [5.74, 6) is -0.0990. The average Bonchev–Trinajstić information content (AvgIpc) is 2.98. The molecule has 9 heteroatoms. The number of nitrogens with one attached hydrogen (secondary N) is 1. The number of aliphatic hydroxyl groups excluding tert-OH is 1. The van der Waals surface area contributed by atoms with E-state index in [1.165, 1.54) is 6.42 Å². The number of carboxylic acids is 1. The number of amides is 1. The van der Waals surface area contributed by atoms with Gasteiger partial charge in [0.25, 0.3) is 5.91 Å². The predicted octanol–water partition coefficient (Wildman–Crippen LogP) is 5.09. The van der Waals surface area contributed by atoms with E-state index < -0.39 is 23.5 Å². The van der Waals surface area contributed by atoms with Crippen molar-refractivity contribution in [3.05, 3.63) is 70.9 Å². The van der Waals surface area contributed by atoms with E-state index >= 15 is 0 Å². The molecule has 42 heavy (non-hydrogen) atoms. The Morgan fingerprint density at radius 1 is 1.05 bits per heavy atom. The Hall–Kier alpha value is -3.46. The summed E-state index contributed by atoms with van der Waals surface area (Å²) in [5, 5.41) is 23.8. The number of rotatable bonds is 9. The van der Waals surface area contributed by atoms with Gasteiger partial charge in [0.2, 0.25) is 0 Å². The molecule has 7 rings (SSSR count). The summed E-state index contributed by atoms with van der Waals surface area (Å²) in [7, 11) is 0. The van der Waals surface area contributed by atoms with E-state index in [2.05, 4.69) is 5.32 Å². The molecule has 4 aliphatic carbocycles. The van der Waals surface area contributed by atoms with Crippen LogP contribution in [0.25, 0.3) is 22.4 Å². The fourth-order valence-electron chi connectivity index (χ4n) is 7.70. The largest absolute Gasteiger partial charge is 0.489 e. The molecule has 5 N–H and O–H groups in total. The lowest BCUT2D eigenvalue weighted by atomic mass is 9.48. The number of aliphatic carboxylic acids is 1. The summed E-state index contributed by atoms with van der Waals surface area (Å²) in [5.41, 5.74) is 8.39. The monoisotopic (exact) mass is 589 g/mol. The predicted molar refractivity (Wildman–Crippen MR) is 160 cm³/mol. The quantitative estimate of drug-likeness (QED) is 0.273. The zero-order valence-corrected chi connectivity index (χ0v) is 24.3. The van der Waals surface area contributed by atoms with Crippen LogP contribution >= 0.6 is 11.6 Å². The van der Waals surface area contributed by atoms with Crippen molar-refractivity contribution >= 4 is 23.5 Å². The summed E-state index contributed by atoms with van der Waals surface area (Å²) in [4.78, 5) is 31.6. The van der Waals surface area contributed by atoms with Crippen molar-refractivity contribution in [1.82, 2.24) is 10.3 Å². The number of hydrogen-bond donors (Lipinski definition) is 4. The third kappa shape index (κ3) is 5.06. The molecule has 0 radical (unpaired) electrons. The minimum absolute atomic E-state index is 0.0263. The van der Waals surface area contributed by atoms with Gasteiger partial charge in [-0.1, -0.05) is 41.9 Å². The molecule has 220 valence electrons. The van der Waals surface area contributed by atoms with Crippen LogP contribution in [0.15, 0.2) is 54.6 Å². The van der Waals surface area contributed by atoms with Crippen LogP contribution in [0.3, 0.4) is 0 Å². The number of carbonyl (C=O) groups excluding carboxylic acids is 1. The number of aliphatic hydroxyl groups is 1. The highest BCUT2D eigenvalue weighted by Crippen LogP contribution is 2.58. The molecule has 8 nitrogen and oxygen atoms in total. The second-order valence-electron chi connectivity index (χ2n) is 12.2. The second-order valence-corrected chi connectivity index (χ2v) is 12.6. The minimum Gasteiger partial charge on any atom is -0.489 e. The van der Waals surface area contributed by atoms with E-state index in [1.54, 1.807) is 24.3 Å². The molecule has 1 atom stereocenters. The Kier molecular flexibility index (Phi) is 7.72. The molecule has 0 saturated heterocycles. The highest BCUT2D eigenvalue weighted by molar-refractivity contribution is 6.32. The van der Waals surface area contributed by atoms with Crippen LogP contribution in [0.5, 0.6) is 5.75 Å². The Labute approximate surface area is 250 Å². The number of nitrogens with two attached hydrogens (primary N) is 1. The van der Waals surface area contributed by atoms with Crippen molar-refractivity contribution in [3.63, 3.8) is 0 Å². The van der Waals surface area contributed by atoms with Gasteiger partial charge in [0.1, 0.15) is 29.7 Å². The van der Waals surface area contributed by atoms with E-state index in [9.17, 15) is 19.8 Å². The molecular formula is C33H36ClN3O5. The SMILES string of the molecule is Cc1ccccc1-c1ccc(C(=O)NC2(C(=O)O)C3CC4CC(C3)CC2C4)nc1-c1ccc(Cl)c(OC[C@H](O)CN)c1. The van der Waals surface area contributed by atoms with Crippen molar-refractivity contribution in [2.24, 2.45) is 29.4 Å². The second kappa shape index (κ2) is 11.3. The number of ether oxygens (including phenoxy) is 1. The minimum atomic E-state index is -1.27. The third-order valence-corrected chi connectivity index (χ3v) is 9.88. The number of nitrogens with zero attached hydrogens (tertiary/aromatic N) is 1. The van der Waals surface area contributed by atoms with Gasteiger partial charge in [-0.3, -0.25) is 4.79 Å². The summed E-state index contributed by atoms with van der Waals surface area (Å²) in [6, 6.07) is 16.6. The highest BCUT2D eigenvalue weighted by Gasteiger charge is 2.62. The summed E-state index contributed by atoms with van der Waals surface area (Å²) >= 11 is 6.41. The van der Waals surface area contributed by atoms with Crippen LogP contribution < -0.4 is 15.8 Å². The first-order chi connectivity index (χ1) is 20.2. The zero-order valence-electron chi connectivity index (χ0n) is 23.6. The maximum absolute atomic E-state index is 13.9. The maximum Gasteiger partial charge on any atom is 0.330 e. The Balaban J connectivity index is 1.39. The lowest BCUT2D eigenvalue weighted by molar-refractivity contribution is -0.163. The van der Waals surface area contributed by atoms with Crippen molar-refractivity contribution in [1.29, 1.82) is 0 Å². The Bertz CT molecular complexity index is 1500. The fourth-order valence-corrected chi connectivity index (χ4v) is 7.87. The summed E-state index contributed by atoms with van der Waals surface area (Å²) in [6.45, 7) is 2.03. The van der Waals surface area contributed by atoms with Crippen molar-refractivity contribution < 1.29 is 24.5 Å². The van der Waals surface area contributed by atoms with Crippen LogP contribution in [0, 0.1) is 30.6 Å². The smallest absolute Gasteiger partial charge is 0.330 e. The standard InChI is InChI=1S/C33H36ClN3O5/c1-18-4-2-3-5-25(18)26-7-9-28(36-30(26)21-6-8-27(34)29(15-21)42-17-24(38)16-35)31(39)37-33(32(40)41)22-11-19-10-20(13-22)14-23(33)12-19/h2-9,15,19-20,22-24,38H,10-14,16-17,35H2,1H3,(H,37,39)(H,40,41)/t19?,20?,22?,23?,24-,33?/m1/s1. The number of carboxylic acid groups (broad SMARTS) is 1. The lowest BCUT2D eigenvalue weighted by Crippen LogP contribution is -2.70. The third-order valence-electron chi connectivity index (χ3n) is 9.57. The number of pyridine rings is 1. The molecule has 4 bridgehead atoms. The van der Waals surface area contributed by atoms with E-state index in [4.69, 9.17) is 27.1 Å². The van der Waals surface area contributed by atoms with E-state index in [0.717, 1.165) is 42.4 Å². The van der Waals surface area contributed by atoms with E-state index in [0.29, 0.717) is 33.9 Å². The van der Waals surface area contributed by atoms with Crippen LogP contribution in [0.4, 0.5) is 0 Å². The van der Waals surface area contributed by atoms with E-state index in [1.807, 2.05) is 37.3 Å². The normalized spacial score (nSPS) is 26.6. The molecule has 0 unspecified atom stereocenters. The average molecular weight is 590 g/mol. The van der Waals surface area contributed by atoms with Crippen molar-refractivity contribution in [2.45, 2.75) is 50.7 Å². The first kappa shape index (κ1) is 28.6. The molecule has 4 aliphatic rings. The van der Waals surface area contributed by atoms with Crippen LogP contribution in [-0.4, -0.2) is 51.9 Å². The van der Waals surface area contributed by atoms with Crippen LogP contribution in [-0.2, 0) is 4.79 Å². The Morgan fingerprint density at radius 2 is 1.74 bits per heavy atom. The van der Waals surface area contributed by atoms with E-state index in [-0.39, 0.29) is 30.7 Å². The topological polar surface area (TPSA) is 135 Å². The number of halogens is 1. The highest BCUT2D eigenvalue weighted by atomic mass is 35.5. The van der Waals surface area contributed by atoms with Gasteiger partial charge in [-0.2, -0.15) is 0 Å². The molecule has 4 saturated carbocycles. The van der Waals surface area contributed by atoms with Gasteiger partial charge in [0.05, 0.1) is 10.7 Å². The number of carbonyl (C=O) groups is 2. The molecule has 1 aromatic heterocycles. The van der Waals surface area contributed by atoms with Crippen molar-refractivity contribution in [3.8, 4) is 28.1 Å². The van der Waals surface area contributed by atoms with Gasteiger partial charge < -0.3 is 26.0 Å². The van der Waals surface area contributed by atoms with Gasteiger partial charge >= 0.3 is 5.97 Å². The number of aryl methyl sites for hydroxylation is 1. The molecular weight excluding hydrogens is 554 g/mol. The molecule has 1 heterocycles. The first-order valence-corrected chi connectivity index (χ1v) is 15.0. The molecule has 4 fully saturated rings. The molecule has 1 amide bonds. The number of benzene rings is 2. The zero-order chi connectivity index (χ0) is 29.6. The lowest BCUT2D eigenvalue weighted by Gasteiger charge is -2.59. The van der Waals surface area contributed by atoms with Gasteiger partial charge in [-0.05, 0) is 98.1 Å². The van der Waals surface area contributed by atoms with Gasteiger partial charge in [-0.15, -0.1) is 0 Å². The van der Waals surface area contributed by atoms with Gasteiger partial charge in [0.15, 0.2) is 0 Å².